The number of rotatable bonds is 5. The summed E-state index contributed by atoms with van der Waals surface area (Å²) in [6.07, 6.45) is 4.66. The Balaban J connectivity index is 1.82. The molecule has 4 N–H and O–H groups in total. The quantitative estimate of drug-likeness (QED) is 0.245. The van der Waals surface area contributed by atoms with Crippen LogP contribution in [-0.2, 0) is 5.41 Å². The Hall–Kier alpha value is -4.82. The lowest BCUT2D eigenvalue weighted by atomic mass is 9.55. The van der Waals surface area contributed by atoms with E-state index in [1.54, 1.807) is 0 Å². The van der Waals surface area contributed by atoms with E-state index >= 15 is 0 Å². The zero-order chi connectivity index (χ0) is 26.0. The van der Waals surface area contributed by atoms with Crippen LogP contribution in [0.4, 0.5) is 11.4 Å². The minimum Gasteiger partial charge on any atom is -0.399 e. The predicted octanol–water partition coefficient (Wildman–Crippen LogP) is 8.10. The van der Waals surface area contributed by atoms with E-state index in [-0.39, 0.29) is 5.92 Å². The summed E-state index contributed by atoms with van der Waals surface area (Å²) in [5.74, 6) is 0.0109. The molecule has 2 nitrogen and oxygen atoms in total. The number of nitrogens with two attached hydrogens (primary N) is 2. The minimum atomic E-state index is -0.578. The maximum atomic E-state index is 6.49. The molecule has 0 amide bonds. The summed E-state index contributed by atoms with van der Waals surface area (Å²) in [6.45, 7) is 0. The van der Waals surface area contributed by atoms with Gasteiger partial charge in [0.1, 0.15) is 0 Å². The number of benzene rings is 5. The zero-order valence-electron chi connectivity index (χ0n) is 21.2. The Morgan fingerprint density at radius 1 is 0.500 bits per heavy atom. The van der Waals surface area contributed by atoms with Crippen LogP contribution in [0.25, 0.3) is 11.1 Å². The van der Waals surface area contributed by atoms with Gasteiger partial charge in [-0.3, -0.25) is 0 Å². The van der Waals surface area contributed by atoms with Gasteiger partial charge in [0.05, 0.1) is 5.41 Å². The highest BCUT2D eigenvalue weighted by molar-refractivity contribution is 6.03. The van der Waals surface area contributed by atoms with Crippen molar-refractivity contribution in [3.63, 3.8) is 0 Å². The van der Waals surface area contributed by atoms with Crippen LogP contribution in [0.2, 0.25) is 0 Å². The van der Waals surface area contributed by atoms with E-state index in [1.165, 1.54) is 22.3 Å². The smallest absolute Gasteiger partial charge is 0.0567 e. The van der Waals surface area contributed by atoms with Gasteiger partial charge in [0.15, 0.2) is 0 Å². The molecule has 0 fully saturated rings. The lowest BCUT2D eigenvalue weighted by Crippen LogP contribution is -2.38. The van der Waals surface area contributed by atoms with Gasteiger partial charge in [0, 0.05) is 17.3 Å². The van der Waals surface area contributed by atoms with E-state index in [2.05, 4.69) is 133 Å². The van der Waals surface area contributed by atoms with E-state index in [0.29, 0.717) is 0 Å². The van der Waals surface area contributed by atoms with Crippen LogP contribution in [0.5, 0.6) is 0 Å². The van der Waals surface area contributed by atoms with Crippen LogP contribution < -0.4 is 11.5 Å². The largest absolute Gasteiger partial charge is 0.399 e. The van der Waals surface area contributed by atoms with Gasteiger partial charge in [0.25, 0.3) is 0 Å². The monoisotopic (exact) mass is 490 g/mol. The van der Waals surface area contributed by atoms with Crippen molar-refractivity contribution in [2.75, 3.05) is 11.5 Å². The summed E-state index contributed by atoms with van der Waals surface area (Å²) in [5.41, 5.74) is 22.1. The van der Waals surface area contributed by atoms with E-state index in [0.717, 1.165) is 28.1 Å². The molecular formula is C36H30N2. The Labute approximate surface area is 224 Å². The third-order valence-electron chi connectivity index (χ3n) is 7.58. The molecule has 184 valence electrons. The normalized spacial score (nSPS) is 18.9. The predicted molar refractivity (Wildman–Crippen MR) is 161 cm³/mol. The molecule has 0 bridgehead atoms. The highest BCUT2D eigenvalue weighted by Crippen LogP contribution is 2.58. The summed E-state index contributed by atoms with van der Waals surface area (Å²) < 4.78 is 0. The maximum Gasteiger partial charge on any atom is 0.0567 e. The number of hydrogen-bond acceptors (Lipinski definition) is 2. The van der Waals surface area contributed by atoms with E-state index in [1.807, 2.05) is 18.2 Å². The first-order valence-corrected chi connectivity index (χ1v) is 13.0. The fourth-order valence-electron chi connectivity index (χ4n) is 6.04. The first-order chi connectivity index (χ1) is 18.7. The number of nitrogen functional groups attached to an aromatic ring is 2. The fraction of sp³-hybridized carbons (Fsp3) is 0.0556. The van der Waals surface area contributed by atoms with Crippen LogP contribution >= 0.6 is 0 Å². The summed E-state index contributed by atoms with van der Waals surface area (Å²) in [7, 11) is 0. The Morgan fingerprint density at radius 2 is 1.05 bits per heavy atom. The number of hydrogen-bond donors (Lipinski definition) is 2. The summed E-state index contributed by atoms with van der Waals surface area (Å²) in [4.78, 5) is 0. The number of anilines is 2. The first-order valence-electron chi connectivity index (χ1n) is 13.0. The van der Waals surface area contributed by atoms with Crippen molar-refractivity contribution in [2.24, 2.45) is 0 Å². The molecule has 5 aromatic carbocycles. The molecule has 2 unspecified atom stereocenters. The molecular weight excluding hydrogens is 460 g/mol. The standard InChI is InChI=1S/C36H30N2/c37-31-20-10-16-28(24-31)35-33(26-12-4-1-5-13-26)22-23-34(27-14-6-2-7-15-27)36(35,29-17-8-3-9-18-29)30-19-11-21-32(38)25-30/h1-25,34H,37-38H2. The molecule has 5 aromatic rings. The van der Waals surface area contributed by atoms with Crippen molar-refractivity contribution in [1.82, 2.24) is 0 Å². The lowest BCUT2D eigenvalue weighted by molar-refractivity contribution is 0.585. The van der Waals surface area contributed by atoms with Gasteiger partial charge in [-0.2, -0.15) is 0 Å². The molecule has 0 aromatic heterocycles. The SMILES string of the molecule is Nc1cccc(C2=C(c3ccccc3)C=CC(c3ccccc3)C2(c2ccccc2)c2cccc(N)c2)c1. The highest BCUT2D eigenvalue weighted by Gasteiger charge is 2.48. The molecule has 0 saturated carbocycles. The van der Waals surface area contributed by atoms with E-state index < -0.39 is 5.41 Å². The zero-order valence-corrected chi connectivity index (χ0v) is 21.2. The molecule has 0 aliphatic heterocycles. The Bertz CT molecular complexity index is 1620. The Morgan fingerprint density at radius 3 is 1.71 bits per heavy atom. The van der Waals surface area contributed by atoms with Crippen molar-refractivity contribution >= 4 is 22.5 Å². The third kappa shape index (κ3) is 4.01. The molecule has 2 heteroatoms. The van der Waals surface area contributed by atoms with Crippen molar-refractivity contribution in [2.45, 2.75) is 11.3 Å². The van der Waals surface area contributed by atoms with Crippen LogP contribution in [0.1, 0.15) is 33.7 Å². The highest BCUT2D eigenvalue weighted by atomic mass is 14.6. The molecule has 0 saturated heterocycles. The molecule has 0 radical (unpaired) electrons. The topological polar surface area (TPSA) is 52.0 Å². The molecule has 6 rings (SSSR count). The van der Waals surface area contributed by atoms with Gasteiger partial charge >= 0.3 is 0 Å². The van der Waals surface area contributed by atoms with Crippen molar-refractivity contribution in [3.05, 3.63) is 179 Å². The second kappa shape index (κ2) is 9.91. The summed E-state index contributed by atoms with van der Waals surface area (Å²) >= 11 is 0. The van der Waals surface area contributed by atoms with Crippen LogP contribution in [0.3, 0.4) is 0 Å². The van der Waals surface area contributed by atoms with Crippen LogP contribution in [0.15, 0.2) is 152 Å². The molecule has 1 aliphatic rings. The van der Waals surface area contributed by atoms with Crippen LogP contribution in [-0.4, -0.2) is 0 Å². The van der Waals surface area contributed by atoms with E-state index in [9.17, 15) is 0 Å². The third-order valence-corrected chi connectivity index (χ3v) is 7.58. The van der Waals surface area contributed by atoms with Gasteiger partial charge < -0.3 is 11.5 Å². The average Bonchev–Trinajstić information content (AvgIpc) is 2.97. The minimum absolute atomic E-state index is 0.0109. The van der Waals surface area contributed by atoms with Gasteiger partial charge in [-0.15, -0.1) is 0 Å². The first kappa shape index (κ1) is 23.6. The van der Waals surface area contributed by atoms with Crippen LogP contribution in [0, 0.1) is 0 Å². The molecule has 1 aliphatic carbocycles. The molecule has 2 atom stereocenters. The van der Waals surface area contributed by atoms with Gasteiger partial charge in [-0.25, -0.2) is 0 Å². The average molecular weight is 491 g/mol. The van der Waals surface area contributed by atoms with Gasteiger partial charge in [0.2, 0.25) is 0 Å². The summed E-state index contributed by atoms with van der Waals surface area (Å²) in [5, 5.41) is 0. The second-order valence-electron chi connectivity index (χ2n) is 9.83. The molecule has 0 spiro atoms. The van der Waals surface area contributed by atoms with Gasteiger partial charge in [-0.1, -0.05) is 127 Å². The van der Waals surface area contributed by atoms with Crippen molar-refractivity contribution < 1.29 is 0 Å². The molecule has 38 heavy (non-hydrogen) atoms. The lowest BCUT2D eigenvalue weighted by Gasteiger charge is -2.46. The summed E-state index contributed by atoms with van der Waals surface area (Å²) in [6, 6.07) is 48.9. The van der Waals surface area contributed by atoms with Crippen molar-refractivity contribution in [3.8, 4) is 0 Å². The van der Waals surface area contributed by atoms with Crippen molar-refractivity contribution in [1.29, 1.82) is 0 Å². The number of allylic oxidation sites excluding steroid dienone is 4. The maximum absolute atomic E-state index is 6.49. The second-order valence-corrected chi connectivity index (χ2v) is 9.83. The van der Waals surface area contributed by atoms with Gasteiger partial charge in [-0.05, 0) is 63.2 Å². The fourth-order valence-corrected chi connectivity index (χ4v) is 6.04. The Kier molecular flexibility index (Phi) is 6.15. The van der Waals surface area contributed by atoms with E-state index in [4.69, 9.17) is 11.5 Å². The molecule has 0 heterocycles.